The Morgan fingerprint density at radius 3 is 1.24 bits per heavy atom. The molecule has 8 heteroatoms. The van der Waals surface area contributed by atoms with Crippen LogP contribution in [0.25, 0.3) is 12.2 Å². The summed E-state index contributed by atoms with van der Waals surface area (Å²) in [6, 6.07) is 34.3. The van der Waals surface area contributed by atoms with Gasteiger partial charge in [-0.1, -0.05) is 121 Å². The van der Waals surface area contributed by atoms with Crippen molar-refractivity contribution in [3.05, 3.63) is 153 Å². The fraction of sp³-hybridized carbons (Fsp3) is 0.158. The van der Waals surface area contributed by atoms with Gasteiger partial charge in [0.15, 0.2) is 0 Å². The number of halogens is 2. The standard InChI is InChI=1S/C38H32Cl2N4O2/c39-31-19-15-27(16-20-31)25-33-37(45)43(35(41-33)29-11-5-3-6-12-29)23-9-1-2-10-24-44-36(30-13-7-4-8-14-30)42-34(38(44)46)26-28-17-21-32(40)22-18-28/h3-8,11-22,25-26H,1-2,9-10,23-24H2/b33-25-,34-26+. The molecule has 0 unspecified atom stereocenters. The van der Waals surface area contributed by atoms with E-state index in [-0.39, 0.29) is 11.8 Å². The molecule has 2 amide bonds. The Morgan fingerprint density at radius 2 is 0.870 bits per heavy atom. The summed E-state index contributed by atoms with van der Waals surface area (Å²) in [7, 11) is 0. The van der Waals surface area contributed by atoms with Crippen molar-refractivity contribution < 1.29 is 9.59 Å². The third kappa shape index (κ3) is 7.36. The van der Waals surface area contributed by atoms with Gasteiger partial charge in [0.2, 0.25) is 0 Å². The van der Waals surface area contributed by atoms with Crippen molar-refractivity contribution in [1.82, 2.24) is 9.80 Å². The lowest BCUT2D eigenvalue weighted by Gasteiger charge is -2.19. The Balaban J connectivity index is 1.08. The minimum atomic E-state index is -0.111. The van der Waals surface area contributed by atoms with Crippen molar-refractivity contribution >= 4 is 58.8 Å². The Bertz CT molecular complexity index is 1690. The highest BCUT2D eigenvalue weighted by molar-refractivity contribution is 6.31. The molecule has 2 aliphatic heterocycles. The van der Waals surface area contributed by atoms with Gasteiger partial charge in [-0.15, -0.1) is 0 Å². The largest absolute Gasteiger partial charge is 0.291 e. The second-order valence-corrected chi connectivity index (χ2v) is 12.0. The Labute approximate surface area is 279 Å². The van der Waals surface area contributed by atoms with Crippen LogP contribution in [0.3, 0.4) is 0 Å². The maximum Gasteiger partial charge on any atom is 0.278 e. The summed E-state index contributed by atoms with van der Waals surface area (Å²) >= 11 is 12.1. The molecule has 0 fully saturated rings. The molecule has 0 spiro atoms. The molecular weight excluding hydrogens is 615 g/mol. The van der Waals surface area contributed by atoms with Crippen LogP contribution in [0.4, 0.5) is 0 Å². The molecule has 0 aliphatic carbocycles. The van der Waals surface area contributed by atoms with Crippen LogP contribution in [-0.2, 0) is 9.59 Å². The molecular formula is C38H32Cl2N4O2. The van der Waals surface area contributed by atoms with E-state index in [0.29, 0.717) is 46.2 Å². The lowest BCUT2D eigenvalue weighted by atomic mass is 10.1. The van der Waals surface area contributed by atoms with E-state index in [1.54, 1.807) is 46.2 Å². The molecule has 46 heavy (non-hydrogen) atoms. The quantitative estimate of drug-likeness (QED) is 0.121. The SMILES string of the molecule is O=C1/C(=C/c2ccc(Cl)cc2)N=C(c2ccccc2)N1CCCCCCN1C(=O)/C(=C\c2ccc(Cl)cc2)N=C1c1ccccc1. The van der Waals surface area contributed by atoms with E-state index in [1.165, 1.54) is 0 Å². The Morgan fingerprint density at radius 1 is 0.500 bits per heavy atom. The first-order valence-corrected chi connectivity index (χ1v) is 16.1. The molecule has 0 N–H and O–H groups in total. The number of hydrogen-bond acceptors (Lipinski definition) is 4. The number of carbonyl (C=O) groups is 2. The Kier molecular flexibility index (Phi) is 9.87. The zero-order valence-electron chi connectivity index (χ0n) is 25.2. The number of aliphatic imine (C=N–C) groups is 2. The first-order chi connectivity index (χ1) is 22.5. The number of rotatable bonds is 11. The zero-order valence-corrected chi connectivity index (χ0v) is 26.7. The smallest absolute Gasteiger partial charge is 0.278 e. The predicted octanol–water partition coefficient (Wildman–Crippen LogP) is 8.51. The molecule has 0 aromatic heterocycles. The number of carbonyl (C=O) groups excluding carboxylic acids is 2. The van der Waals surface area contributed by atoms with E-state index in [2.05, 4.69) is 0 Å². The van der Waals surface area contributed by atoms with Crippen molar-refractivity contribution in [2.45, 2.75) is 25.7 Å². The second kappa shape index (κ2) is 14.5. The van der Waals surface area contributed by atoms with Crippen molar-refractivity contribution in [3.8, 4) is 0 Å². The van der Waals surface area contributed by atoms with E-state index >= 15 is 0 Å². The lowest BCUT2D eigenvalue weighted by molar-refractivity contribution is -0.123. The average Bonchev–Trinajstić information content (AvgIpc) is 3.56. The van der Waals surface area contributed by atoms with Gasteiger partial charge in [-0.2, -0.15) is 0 Å². The van der Waals surface area contributed by atoms with Crippen LogP contribution in [0.1, 0.15) is 47.9 Å². The van der Waals surface area contributed by atoms with E-state index in [1.807, 2.05) is 84.9 Å². The summed E-state index contributed by atoms with van der Waals surface area (Å²) in [5.41, 5.74) is 4.35. The monoisotopic (exact) mass is 646 g/mol. The molecule has 4 aromatic carbocycles. The number of nitrogens with zero attached hydrogens (tertiary/aromatic N) is 4. The highest BCUT2D eigenvalue weighted by Gasteiger charge is 2.32. The first kappa shape index (κ1) is 31.2. The molecule has 230 valence electrons. The molecule has 0 radical (unpaired) electrons. The third-order valence-electron chi connectivity index (χ3n) is 7.82. The highest BCUT2D eigenvalue weighted by Crippen LogP contribution is 2.25. The molecule has 0 saturated carbocycles. The minimum Gasteiger partial charge on any atom is -0.291 e. The predicted molar refractivity (Wildman–Crippen MR) is 187 cm³/mol. The number of benzene rings is 4. The van der Waals surface area contributed by atoms with Gasteiger partial charge in [0.05, 0.1) is 0 Å². The van der Waals surface area contributed by atoms with Crippen LogP contribution in [-0.4, -0.2) is 46.4 Å². The normalized spacial score (nSPS) is 16.5. The van der Waals surface area contributed by atoms with Gasteiger partial charge in [0.25, 0.3) is 11.8 Å². The zero-order chi connectivity index (χ0) is 31.9. The molecule has 2 aliphatic rings. The van der Waals surface area contributed by atoms with Crippen LogP contribution in [0.15, 0.2) is 131 Å². The van der Waals surface area contributed by atoms with E-state index in [9.17, 15) is 9.59 Å². The summed E-state index contributed by atoms with van der Waals surface area (Å²) in [5, 5.41) is 1.28. The summed E-state index contributed by atoms with van der Waals surface area (Å²) in [4.78, 5) is 40.0. The first-order valence-electron chi connectivity index (χ1n) is 15.3. The van der Waals surface area contributed by atoms with Crippen LogP contribution in [0.5, 0.6) is 0 Å². The summed E-state index contributed by atoms with van der Waals surface area (Å²) < 4.78 is 0. The van der Waals surface area contributed by atoms with Gasteiger partial charge in [-0.3, -0.25) is 19.4 Å². The van der Waals surface area contributed by atoms with Gasteiger partial charge in [0.1, 0.15) is 23.1 Å². The van der Waals surface area contributed by atoms with E-state index in [0.717, 1.165) is 47.9 Å². The van der Waals surface area contributed by atoms with E-state index in [4.69, 9.17) is 33.2 Å². The highest BCUT2D eigenvalue weighted by atomic mass is 35.5. The molecule has 4 aromatic rings. The number of amides is 2. The summed E-state index contributed by atoms with van der Waals surface area (Å²) in [6.07, 6.45) is 7.01. The van der Waals surface area contributed by atoms with Crippen LogP contribution in [0.2, 0.25) is 10.0 Å². The molecule has 0 bridgehead atoms. The summed E-state index contributed by atoms with van der Waals surface area (Å²) in [5.74, 6) is 1.11. The molecule has 6 nitrogen and oxygen atoms in total. The molecule has 0 saturated heterocycles. The van der Waals surface area contributed by atoms with E-state index < -0.39 is 0 Å². The fourth-order valence-electron chi connectivity index (χ4n) is 5.46. The number of unbranched alkanes of at least 4 members (excludes halogenated alkanes) is 3. The van der Waals surface area contributed by atoms with Gasteiger partial charge in [0, 0.05) is 34.3 Å². The van der Waals surface area contributed by atoms with Crippen LogP contribution in [0, 0.1) is 0 Å². The van der Waals surface area contributed by atoms with Gasteiger partial charge in [-0.25, -0.2) is 9.98 Å². The number of hydrogen-bond donors (Lipinski definition) is 0. The fourth-order valence-corrected chi connectivity index (χ4v) is 5.71. The van der Waals surface area contributed by atoms with Gasteiger partial charge < -0.3 is 0 Å². The van der Waals surface area contributed by atoms with Crippen molar-refractivity contribution in [2.75, 3.05) is 13.1 Å². The maximum atomic E-state index is 13.5. The van der Waals surface area contributed by atoms with Crippen LogP contribution >= 0.6 is 23.2 Å². The second-order valence-electron chi connectivity index (χ2n) is 11.1. The third-order valence-corrected chi connectivity index (χ3v) is 8.32. The Hall–Kier alpha value is -4.78. The molecule has 2 heterocycles. The molecule has 0 atom stereocenters. The van der Waals surface area contributed by atoms with Crippen molar-refractivity contribution in [2.24, 2.45) is 9.98 Å². The molecule has 6 rings (SSSR count). The van der Waals surface area contributed by atoms with Gasteiger partial charge in [-0.05, 0) is 60.4 Å². The maximum absolute atomic E-state index is 13.5. The summed E-state index contributed by atoms with van der Waals surface area (Å²) in [6.45, 7) is 1.11. The van der Waals surface area contributed by atoms with Gasteiger partial charge >= 0.3 is 0 Å². The lowest BCUT2D eigenvalue weighted by Crippen LogP contribution is -2.34. The average molecular weight is 648 g/mol. The minimum absolute atomic E-state index is 0.111. The topological polar surface area (TPSA) is 65.3 Å². The van der Waals surface area contributed by atoms with Crippen molar-refractivity contribution in [3.63, 3.8) is 0 Å². The van der Waals surface area contributed by atoms with Crippen molar-refractivity contribution in [1.29, 1.82) is 0 Å². The number of amidine groups is 2. The van der Waals surface area contributed by atoms with Crippen LogP contribution < -0.4 is 0 Å².